The van der Waals surface area contributed by atoms with E-state index in [2.05, 4.69) is 10.0 Å². The quantitative estimate of drug-likeness (QED) is 0.809. The van der Waals surface area contributed by atoms with Gasteiger partial charge < -0.3 is 10.1 Å². The van der Waals surface area contributed by atoms with Gasteiger partial charge in [0.25, 0.3) is 15.9 Å². The van der Waals surface area contributed by atoms with Crippen LogP contribution in [0.2, 0.25) is 0 Å². The Kier molecular flexibility index (Phi) is 5.92. The molecule has 2 aromatic carbocycles. The van der Waals surface area contributed by atoms with E-state index in [1.165, 1.54) is 12.1 Å². The van der Waals surface area contributed by atoms with Crippen molar-refractivity contribution in [2.45, 2.75) is 38.1 Å². The summed E-state index contributed by atoms with van der Waals surface area (Å²) in [6.07, 6.45) is 0. The number of nitrogens with one attached hydrogen (secondary N) is 2. The molecule has 0 aliphatic rings. The van der Waals surface area contributed by atoms with Crippen LogP contribution < -0.4 is 14.8 Å². The molecule has 140 valence electrons. The average molecular weight is 376 g/mol. The number of para-hydroxylation sites is 1. The molecule has 6 nitrogen and oxygen atoms in total. The molecular formula is C19H24N2O4S. The molecule has 0 saturated heterocycles. The highest BCUT2D eigenvalue weighted by atomic mass is 32.2. The van der Waals surface area contributed by atoms with Crippen molar-refractivity contribution in [3.63, 3.8) is 0 Å². The van der Waals surface area contributed by atoms with Crippen molar-refractivity contribution in [3.05, 3.63) is 54.1 Å². The standard InChI is InChI=1S/C19H24N2O4S/c1-5-25-14-10-12-15(13-11-14)26(23,24)21-17-9-7-6-8-16(17)18(22)20-19(2,3)4/h6-13,21H,5H2,1-4H3,(H,20,22). The van der Waals surface area contributed by atoms with Gasteiger partial charge in [-0.3, -0.25) is 9.52 Å². The Hall–Kier alpha value is -2.54. The Morgan fingerprint density at radius 3 is 2.23 bits per heavy atom. The van der Waals surface area contributed by atoms with E-state index in [-0.39, 0.29) is 22.1 Å². The van der Waals surface area contributed by atoms with Gasteiger partial charge in [-0.25, -0.2) is 8.42 Å². The lowest BCUT2D eigenvalue weighted by molar-refractivity contribution is 0.0920. The molecule has 0 bridgehead atoms. The first kappa shape index (κ1) is 19.8. The Labute approximate surface area is 154 Å². The van der Waals surface area contributed by atoms with E-state index in [9.17, 15) is 13.2 Å². The van der Waals surface area contributed by atoms with Crippen molar-refractivity contribution < 1.29 is 17.9 Å². The van der Waals surface area contributed by atoms with Crippen LogP contribution in [0.15, 0.2) is 53.4 Å². The van der Waals surface area contributed by atoms with Gasteiger partial charge in [-0.05, 0) is 64.1 Å². The maximum Gasteiger partial charge on any atom is 0.261 e. The maximum absolute atomic E-state index is 12.6. The Morgan fingerprint density at radius 1 is 1.04 bits per heavy atom. The molecule has 7 heteroatoms. The number of carbonyl (C=O) groups is 1. The number of sulfonamides is 1. The highest BCUT2D eigenvalue weighted by Gasteiger charge is 2.21. The van der Waals surface area contributed by atoms with Crippen molar-refractivity contribution in [2.75, 3.05) is 11.3 Å². The number of rotatable bonds is 6. The summed E-state index contributed by atoms with van der Waals surface area (Å²) >= 11 is 0. The van der Waals surface area contributed by atoms with E-state index >= 15 is 0 Å². The predicted octanol–water partition coefficient (Wildman–Crippen LogP) is 3.41. The SMILES string of the molecule is CCOc1ccc(S(=O)(=O)Nc2ccccc2C(=O)NC(C)(C)C)cc1. The van der Waals surface area contributed by atoms with Crippen LogP contribution in [0.5, 0.6) is 5.75 Å². The van der Waals surface area contributed by atoms with Crippen molar-refractivity contribution in [1.82, 2.24) is 5.32 Å². The second-order valence-corrected chi connectivity index (χ2v) is 8.44. The van der Waals surface area contributed by atoms with Crippen LogP contribution in [0.25, 0.3) is 0 Å². The molecule has 2 rings (SSSR count). The van der Waals surface area contributed by atoms with Crippen molar-refractivity contribution >= 4 is 21.6 Å². The fourth-order valence-electron chi connectivity index (χ4n) is 2.26. The van der Waals surface area contributed by atoms with Gasteiger partial charge in [0, 0.05) is 5.54 Å². The highest BCUT2D eigenvalue weighted by Crippen LogP contribution is 2.22. The first-order valence-corrected chi connectivity index (χ1v) is 9.78. The largest absolute Gasteiger partial charge is 0.494 e. The van der Waals surface area contributed by atoms with Crippen molar-refractivity contribution in [2.24, 2.45) is 0 Å². The molecule has 26 heavy (non-hydrogen) atoms. The number of benzene rings is 2. The fraction of sp³-hybridized carbons (Fsp3) is 0.316. The topological polar surface area (TPSA) is 84.5 Å². The first-order valence-electron chi connectivity index (χ1n) is 8.29. The van der Waals surface area contributed by atoms with E-state index in [0.29, 0.717) is 12.4 Å². The van der Waals surface area contributed by atoms with Gasteiger partial charge in [-0.15, -0.1) is 0 Å². The van der Waals surface area contributed by atoms with E-state index in [1.807, 2.05) is 27.7 Å². The molecular weight excluding hydrogens is 352 g/mol. The fourth-order valence-corrected chi connectivity index (χ4v) is 3.34. The van der Waals surface area contributed by atoms with Gasteiger partial charge in [-0.2, -0.15) is 0 Å². The maximum atomic E-state index is 12.6. The normalized spacial score (nSPS) is 11.7. The van der Waals surface area contributed by atoms with Crippen LogP contribution in [0, 0.1) is 0 Å². The molecule has 1 amide bonds. The van der Waals surface area contributed by atoms with E-state index in [0.717, 1.165) is 0 Å². The van der Waals surface area contributed by atoms with Gasteiger partial charge in [0.1, 0.15) is 5.75 Å². The van der Waals surface area contributed by atoms with Gasteiger partial charge in [0.2, 0.25) is 0 Å². The van der Waals surface area contributed by atoms with Crippen molar-refractivity contribution in [1.29, 1.82) is 0 Å². The van der Waals surface area contributed by atoms with Crippen LogP contribution in [0.1, 0.15) is 38.1 Å². The zero-order valence-corrected chi connectivity index (χ0v) is 16.2. The number of anilines is 1. The third-order valence-electron chi connectivity index (χ3n) is 3.35. The lowest BCUT2D eigenvalue weighted by Gasteiger charge is -2.21. The minimum Gasteiger partial charge on any atom is -0.494 e. The summed E-state index contributed by atoms with van der Waals surface area (Å²) in [6.45, 7) is 7.93. The minimum absolute atomic E-state index is 0.0898. The minimum atomic E-state index is -3.83. The van der Waals surface area contributed by atoms with Crippen LogP contribution in [-0.2, 0) is 10.0 Å². The molecule has 0 fully saturated rings. The first-order chi connectivity index (χ1) is 12.1. The molecule has 0 spiro atoms. The summed E-state index contributed by atoms with van der Waals surface area (Å²) in [5, 5.41) is 2.83. The summed E-state index contributed by atoms with van der Waals surface area (Å²) in [7, 11) is -3.83. The summed E-state index contributed by atoms with van der Waals surface area (Å²) in [6, 6.07) is 12.6. The van der Waals surface area contributed by atoms with Crippen LogP contribution in [0.3, 0.4) is 0 Å². The lowest BCUT2D eigenvalue weighted by Crippen LogP contribution is -2.40. The number of hydrogen-bond acceptors (Lipinski definition) is 4. The molecule has 0 aliphatic carbocycles. The molecule has 0 radical (unpaired) electrons. The van der Waals surface area contributed by atoms with Crippen LogP contribution in [-0.4, -0.2) is 26.5 Å². The highest BCUT2D eigenvalue weighted by molar-refractivity contribution is 7.92. The van der Waals surface area contributed by atoms with Crippen molar-refractivity contribution in [3.8, 4) is 5.75 Å². The van der Waals surface area contributed by atoms with Gasteiger partial charge >= 0.3 is 0 Å². The predicted molar refractivity (Wildman–Crippen MR) is 102 cm³/mol. The zero-order valence-electron chi connectivity index (χ0n) is 15.4. The van der Waals surface area contributed by atoms with E-state index in [4.69, 9.17) is 4.74 Å². The Bertz CT molecular complexity index is 869. The lowest BCUT2D eigenvalue weighted by atomic mass is 10.1. The van der Waals surface area contributed by atoms with E-state index < -0.39 is 15.6 Å². The molecule has 0 saturated carbocycles. The Balaban J connectivity index is 2.28. The van der Waals surface area contributed by atoms with Gasteiger partial charge in [0.15, 0.2) is 0 Å². The average Bonchev–Trinajstić information content (AvgIpc) is 2.54. The van der Waals surface area contributed by atoms with Crippen LogP contribution >= 0.6 is 0 Å². The second-order valence-electron chi connectivity index (χ2n) is 6.76. The number of amides is 1. The molecule has 2 aromatic rings. The molecule has 0 unspecified atom stereocenters. The van der Waals surface area contributed by atoms with E-state index in [1.54, 1.807) is 36.4 Å². The third kappa shape index (κ3) is 5.23. The van der Waals surface area contributed by atoms with Gasteiger partial charge in [-0.1, -0.05) is 12.1 Å². The zero-order chi connectivity index (χ0) is 19.4. The number of carbonyl (C=O) groups excluding carboxylic acids is 1. The number of ether oxygens (including phenoxy) is 1. The molecule has 0 aliphatic heterocycles. The Morgan fingerprint density at radius 2 is 1.65 bits per heavy atom. The monoisotopic (exact) mass is 376 g/mol. The summed E-state index contributed by atoms with van der Waals surface area (Å²) in [4.78, 5) is 12.5. The molecule has 0 atom stereocenters. The second kappa shape index (κ2) is 7.78. The van der Waals surface area contributed by atoms with Gasteiger partial charge in [0.05, 0.1) is 22.8 Å². The molecule has 2 N–H and O–H groups in total. The smallest absolute Gasteiger partial charge is 0.261 e. The summed E-state index contributed by atoms with van der Waals surface area (Å²) in [5.74, 6) is 0.249. The summed E-state index contributed by atoms with van der Waals surface area (Å²) < 4.78 is 33.1. The number of hydrogen-bond donors (Lipinski definition) is 2. The molecule has 0 aromatic heterocycles. The van der Waals surface area contributed by atoms with Crippen LogP contribution in [0.4, 0.5) is 5.69 Å². The third-order valence-corrected chi connectivity index (χ3v) is 4.73. The summed E-state index contributed by atoms with van der Waals surface area (Å²) in [5.41, 5.74) is 0.0538. The molecule has 0 heterocycles.